The number of rotatable bonds is 1. The SMILES string of the molecule is COC(=O)c1c(Br)ccc2c1NCC2. The number of anilines is 1. The Morgan fingerprint density at radius 2 is 2.36 bits per heavy atom. The maximum absolute atomic E-state index is 11.5. The topological polar surface area (TPSA) is 38.3 Å². The van der Waals surface area contributed by atoms with E-state index in [1.54, 1.807) is 0 Å². The van der Waals surface area contributed by atoms with E-state index in [2.05, 4.69) is 21.2 Å². The normalized spacial score (nSPS) is 13.3. The molecule has 14 heavy (non-hydrogen) atoms. The first kappa shape index (κ1) is 9.52. The van der Waals surface area contributed by atoms with Gasteiger partial charge in [0.05, 0.1) is 18.4 Å². The molecule has 1 heterocycles. The van der Waals surface area contributed by atoms with Crippen LogP contribution in [0.25, 0.3) is 0 Å². The molecule has 0 spiro atoms. The molecule has 1 aliphatic heterocycles. The Bertz CT molecular complexity index is 390. The molecule has 1 aromatic carbocycles. The van der Waals surface area contributed by atoms with Crippen LogP contribution < -0.4 is 5.32 Å². The van der Waals surface area contributed by atoms with Gasteiger partial charge in [-0.25, -0.2) is 4.79 Å². The predicted molar refractivity (Wildman–Crippen MR) is 57.7 cm³/mol. The summed E-state index contributed by atoms with van der Waals surface area (Å²) < 4.78 is 5.51. The third-order valence-electron chi connectivity index (χ3n) is 2.33. The average Bonchev–Trinajstić information content (AvgIpc) is 2.64. The second-order valence-electron chi connectivity index (χ2n) is 3.12. The van der Waals surface area contributed by atoms with Crippen LogP contribution in [0.3, 0.4) is 0 Å². The lowest BCUT2D eigenvalue weighted by molar-refractivity contribution is 0.0601. The van der Waals surface area contributed by atoms with E-state index < -0.39 is 0 Å². The Kier molecular flexibility index (Phi) is 2.46. The van der Waals surface area contributed by atoms with Crippen LogP contribution >= 0.6 is 15.9 Å². The molecular weight excluding hydrogens is 246 g/mol. The number of methoxy groups -OCH3 is 1. The number of hydrogen-bond donors (Lipinski definition) is 1. The van der Waals surface area contributed by atoms with Gasteiger partial charge in [0.25, 0.3) is 0 Å². The van der Waals surface area contributed by atoms with Crippen molar-refractivity contribution in [3.63, 3.8) is 0 Å². The molecule has 0 bridgehead atoms. The first-order valence-electron chi connectivity index (χ1n) is 4.37. The standard InChI is InChI=1S/C10H10BrNO2/c1-14-10(13)8-7(11)3-2-6-4-5-12-9(6)8/h2-3,12H,4-5H2,1H3. The van der Waals surface area contributed by atoms with Crippen LogP contribution in [0.15, 0.2) is 16.6 Å². The van der Waals surface area contributed by atoms with Gasteiger partial charge in [0.15, 0.2) is 0 Å². The van der Waals surface area contributed by atoms with Gasteiger partial charge in [-0.15, -0.1) is 0 Å². The smallest absolute Gasteiger partial charge is 0.341 e. The first-order valence-corrected chi connectivity index (χ1v) is 5.17. The van der Waals surface area contributed by atoms with Crippen molar-refractivity contribution in [1.82, 2.24) is 0 Å². The second-order valence-corrected chi connectivity index (χ2v) is 3.98. The summed E-state index contributed by atoms with van der Waals surface area (Å²) in [5.74, 6) is -0.303. The number of nitrogens with one attached hydrogen (secondary N) is 1. The maximum atomic E-state index is 11.5. The average molecular weight is 256 g/mol. The minimum absolute atomic E-state index is 0.303. The highest BCUT2D eigenvalue weighted by Gasteiger charge is 2.21. The van der Waals surface area contributed by atoms with Gasteiger partial charge >= 0.3 is 5.97 Å². The fraction of sp³-hybridized carbons (Fsp3) is 0.300. The summed E-state index contributed by atoms with van der Waals surface area (Å²) in [5, 5.41) is 3.19. The molecule has 0 fully saturated rings. The molecule has 74 valence electrons. The largest absolute Gasteiger partial charge is 0.465 e. The van der Waals surface area contributed by atoms with E-state index in [1.165, 1.54) is 12.7 Å². The summed E-state index contributed by atoms with van der Waals surface area (Å²) in [6.45, 7) is 0.885. The molecule has 0 saturated carbocycles. The molecule has 2 rings (SSSR count). The van der Waals surface area contributed by atoms with E-state index in [0.29, 0.717) is 5.56 Å². The summed E-state index contributed by atoms with van der Waals surface area (Å²) in [6, 6.07) is 3.91. The molecule has 0 aliphatic carbocycles. The fourth-order valence-electron chi connectivity index (χ4n) is 1.65. The molecule has 1 aliphatic rings. The van der Waals surface area contributed by atoms with Gasteiger partial charge < -0.3 is 10.1 Å². The van der Waals surface area contributed by atoms with Crippen molar-refractivity contribution < 1.29 is 9.53 Å². The van der Waals surface area contributed by atoms with Crippen LogP contribution in [0.2, 0.25) is 0 Å². The van der Waals surface area contributed by atoms with Gasteiger partial charge in [0.1, 0.15) is 0 Å². The number of carbonyl (C=O) groups excluding carboxylic acids is 1. The van der Waals surface area contributed by atoms with Crippen molar-refractivity contribution in [3.05, 3.63) is 27.7 Å². The summed E-state index contributed by atoms with van der Waals surface area (Å²) in [6.07, 6.45) is 0.965. The van der Waals surface area contributed by atoms with Crippen LogP contribution in [0, 0.1) is 0 Å². The van der Waals surface area contributed by atoms with Crippen LogP contribution in [0.1, 0.15) is 15.9 Å². The zero-order chi connectivity index (χ0) is 10.1. The Hall–Kier alpha value is -1.03. The quantitative estimate of drug-likeness (QED) is 0.783. The van der Waals surface area contributed by atoms with Gasteiger partial charge in [-0.05, 0) is 34.0 Å². The van der Waals surface area contributed by atoms with E-state index in [1.807, 2.05) is 12.1 Å². The Morgan fingerprint density at radius 3 is 3.07 bits per heavy atom. The fourth-order valence-corrected chi connectivity index (χ4v) is 2.15. The highest BCUT2D eigenvalue weighted by Crippen LogP contribution is 2.32. The monoisotopic (exact) mass is 255 g/mol. The van der Waals surface area contributed by atoms with Crippen molar-refractivity contribution in [2.24, 2.45) is 0 Å². The van der Waals surface area contributed by atoms with Gasteiger partial charge in [0.2, 0.25) is 0 Å². The summed E-state index contributed by atoms with van der Waals surface area (Å²) in [4.78, 5) is 11.5. The molecule has 0 radical (unpaired) electrons. The van der Waals surface area contributed by atoms with Crippen molar-refractivity contribution in [1.29, 1.82) is 0 Å². The van der Waals surface area contributed by atoms with E-state index in [0.717, 1.165) is 23.1 Å². The summed E-state index contributed by atoms with van der Waals surface area (Å²) in [7, 11) is 1.39. The number of esters is 1. The second kappa shape index (κ2) is 3.61. The number of benzene rings is 1. The molecule has 0 amide bonds. The number of halogens is 1. The van der Waals surface area contributed by atoms with Crippen molar-refractivity contribution in [3.8, 4) is 0 Å². The lowest BCUT2D eigenvalue weighted by atomic mass is 10.1. The van der Waals surface area contributed by atoms with Gasteiger partial charge in [-0.1, -0.05) is 6.07 Å². The maximum Gasteiger partial charge on any atom is 0.341 e. The van der Waals surface area contributed by atoms with Crippen LogP contribution in [-0.4, -0.2) is 19.6 Å². The number of ether oxygens (including phenoxy) is 1. The minimum Gasteiger partial charge on any atom is -0.465 e. The lowest BCUT2D eigenvalue weighted by Crippen LogP contribution is -2.06. The summed E-state index contributed by atoms with van der Waals surface area (Å²) in [5.41, 5.74) is 2.68. The first-order chi connectivity index (χ1) is 6.74. The molecule has 1 aromatic rings. The molecular formula is C10H10BrNO2. The van der Waals surface area contributed by atoms with Crippen LogP contribution in [0.5, 0.6) is 0 Å². The molecule has 0 unspecified atom stereocenters. The molecule has 0 saturated heterocycles. The van der Waals surface area contributed by atoms with E-state index in [4.69, 9.17) is 4.74 Å². The van der Waals surface area contributed by atoms with Crippen molar-refractivity contribution in [2.45, 2.75) is 6.42 Å². The van der Waals surface area contributed by atoms with Crippen LogP contribution in [0.4, 0.5) is 5.69 Å². The molecule has 3 nitrogen and oxygen atoms in total. The molecule has 1 N–H and O–H groups in total. The molecule has 0 atom stereocenters. The highest BCUT2D eigenvalue weighted by atomic mass is 79.9. The third kappa shape index (κ3) is 1.39. The number of hydrogen-bond acceptors (Lipinski definition) is 3. The summed E-state index contributed by atoms with van der Waals surface area (Å²) >= 11 is 3.35. The van der Waals surface area contributed by atoms with E-state index in [-0.39, 0.29) is 5.97 Å². The van der Waals surface area contributed by atoms with E-state index >= 15 is 0 Å². The predicted octanol–water partition coefficient (Wildman–Crippen LogP) is 2.20. The van der Waals surface area contributed by atoms with Gasteiger partial charge in [0, 0.05) is 11.0 Å². The lowest BCUT2D eigenvalue weighted by Gasteiger charge is -2.08. The zero-order valence-electron chi connectivity index (χ0n) is 7.76. The highest BCUT2D eigenvalue weighted by molar-refractivity contribution is 9.10. The minimum atomic E-state index is -0.303. The Balaban J connectivity index is 2.57. The van der Waals surface area contributed by atoms with Gasteiger partial charge in [-0.3, -0.25) is 0 Å². The van der Waals surface area contributed by atoms with Crippen molar-refractivity contribution in [2.75, 3.05) is 19.0 Å². The van der Waals surface area contributed by atoms with Gasteiger partial charge in [-0.2, -0.15) is 0 Å². The number of fused-ring (bicyclic) bond motifs is 1. The molecule has 0 aromatic heterocycles. The van der Waals surface area contributed by atoms with E-state index in [9.17, 15) is 4.79 Å². The Labute approximate surface area is 90.6 Å². The third-order valence-corrected chi connectivity index (χ3v) is 2.99. The van der Waals surface area contributed by atoms with Crippen molar-refractivity contribution >= 4 is 27.6 Å². The number of carbonyl (C=O) groups is 1. The van der Waals surface area contributed by atoms with Crippen LogP contribution in [-0.2, 0) is 11.2 Å². The zero-order valence-corrected chi connectivity index (χ0v) is 9.35. The Morgan fingerprint density at radius 1 is 1.57 bits per heavy atom. The molecule has 4 heteroatoms.